The molecule has 0 saturated heterocycles. The van der Waals surface area contributed by atoms with Crippen LogP contribution in [0.15, 0.2) is 30.5 Å². The number of nitrogens with two attached hydrogens (primary N) is 1. The molecule has 4 aromatic rings. The Kier molecular flexibility index (Phi) is 6.53. The number of amides is 1. The molecule has 3 aromatic heterocycles. The lowest BCUT2D eigenvalue weighted by atomic mass is 10.0. The van der Waals surface area contributed by atoms with Gasteiger partial charge in [-0.1, -0.05) is 6.07 Å². The van der Waals surface area contributed by atoms with E-state index in [9.17, 15) is 14.3 Å². The van der Waals surface area contributed by atoms with Crippen LogP contribution < -0.4 is 10.5 Å². The topological polar surface area (TPSA) is 132 Å². The second-order valence-corrected chi connectivity index (χ2v) is 8.91. The van der Waals surface area contributed by atoms with Crippen LogP contribution in [0.1, 0.15) is 48.6 Å². The summed E-state index contributed by atoms with van der Waals surface area (Å²) in [5.41, 5.74) is 6.82. The van der Waals surface area contributed by atoms with Crippen molar-refractivity contribution in [3.05, 3.63) is 53.4 Å². The average molecular weight is 482 g/mol. The molecule has 0 unspecified atom stereocenters. The van der Waals surface area contributed by atoms with Gasteiger partial charge in [-0.2, -0.15) is 4.52 Å². The molecule has 4 rings (SSSR count). The fourth-order valence-electron chi connectivity index (χ4n) is 3.78. The zero-order chi connectivity index (χ0) is 25.3. The number of anilines is 1. The van der Waals surface area contributed by atoms with E-state index in [1.807, 2.05) is 0 Å². The Bertz CT molecular complexity index is 1380. The summed E-state index contributed by atoms with van der Waals surface area (Å²) in [5, 5.41) is 14.9. The molecule has 0 fully saturated rings. The maximum absolute atomic E-state index is 14.1. The summed E-state index contributed by atoms with van der Waals surface area (Å²) in [4.78, 5) is 27.3. The van der Waals surface area contributed by atoms with E-state index in [1.165, 1.54) is 30.0 Å². The number of nitrogens with zero attached hydrogens (tertiary/aromatic N) is 6. The number of methoxy groups -OCH3 is 1. The molecule has 0 bridgehead atoms. The largest absolute Gasteiger partial charge is 0.494 e. The molecule has 1 amide bonds. The molecular formula is C24H28FN7O3. The highest BCUT2D eigenvalue weighted by atomic mass is 19.1. The molecule has 0 saturated carbocycles. The van der Waals surface area contributed by atoms with E-state index >= 15 is 0 Å². The van der Waals surface area contributed by atoms with Crippen LogP contribution in [0.3, 0.4) is 0 Å². The van der Waals surface area contributed by atoms with Gasteiger partial charge in [0.1, 0.15) is 22.8 Å². The smallest absolute Gasteiger partial charge is 0.272 e. The maximum atomic E-state index is 14.1. The van der Waals surface area contributed by atoms with Gasteiger partial charge in [-0.3, -0.25) is 9.78 Å². The molecule has 0 aliphatic heterocycles. The van der Waals surface area contributed by atoms with E-state index in [2.05, 4.69) is 20.1 Å². The van der Waals surface area contributed by atoms with E-state index < -0.39 is 11.4 Å². The quantitative estimate of drug-likeness (QED) is 0.367. The van der Waals surface area contributed by atoms with Gasteiger partial charge in [0.25, 0.3) is 5.91 Å². The van der Waals surface area contributed by atoms with Crippen molar-refractivity contribution in [3.63, 3.8) is 0 Å². The number of fused-ring (bicyclic) bond motifs is 3. The molecule has 10 nitrogen and oxygen atoms in total. The molecule has 0 aliphatic rings. The number of pyridine rings is 1. The van der Waals surface area contributed by atoms with E-state index in [4.69, 9.17) is 10.5 Å². The molecule has 11 heteroatoms. The zero-order valence-corrected chi connectivity index (χ0v) is 20.1. The van der Waals surface area contributed by atoms with Crippen LogP contribution in [-0.4, -0.2) is 61.2 Å². The first-order valence-electron chi connectivity index (χ1n) is 11.2. The van der Waals surface area contributed by atoms with Gasteiger partial charge in [-0.25, -0.2) is 14.4 Å². The molecule has 3 N–H and O–H groups in total. The third kappa shape index (κ3) is 4.99. The predicted molar refractivity (Wildman–Crippen MR) is 129 cm³/mol. The molecule has 184 valence electrons. The van der Waals surface area contributed by atoms with Crippen molar-refractivity contribution in [1.29, 1.82) is 0 Å². The van der Waals surface area contributed by atoms with E-state index in [0.29, 0.717) is 46.6 Å². The van der Waals surface area contributed by atoms with Gasteiger partial charge in [0.15, 0.2) is 11.5 Å². The first-order valence-corrected chi connectivity index (χ1v) is 11.2. The highest BCUT2D eigenvalue weighted by Gasteiger charge is 2.19. The predicted octanol–water partition coefficient (Wildman–Crippen LogP) is 2.72. The van der Waals surface area contributed by atoms with Crippen molar-refractivity contribution >= 4 is 28.4 Å². The summed E-state index contributed by atoms with van der Waals surface area (Å²) in [6, 6.07) is 5.90. The molecule has 35 heavy (non-hydrogen) atoms. The number of halogens is 1. The Morgan fingerprint density at radius 2 is 2.03 bits per heavy atom. The third-order valence-electron chi connectivity index (χ3n) is 5.77. The number of hydrogen-bond acceptors (Lipinski definition) is 8. The van der Waals surface area contributed by atoms with Crippen LogP contribution in [0, 0.1) is 5.82 Å². The fourth-order valence-corrected chi connectivity index (χ4v) is 3.78. The number of carbonyl (C=O) groups is 1. The lowest BCUT2D eigenvalue weighted by molar-refractivity contribution is 0.0761. The highest BCUT2D eigenvalue weighted by Crippen LogP contribution is 2.29. The lowest BCUT2D eigenvalue weighted by Gasteiger charge is -2.19. The molecule has 0 spiro atoms. The minimum absolute atomic E-state index is 0.129. The summed E-state index contributed by atoms with van der Waals surface area (Å²) >= 11 is 0. The van der Waals surface area contributed by atoms with Gasteiger partial charge in [0, 0.05) is 37.8 Å². The summed E-state index contributed by atoms with van der Waals surface area (Å²) in [6.07, 6.45) is 3.51. The Morgan fingerprint density at radius 1 is 1.26 bits per heavy atom. The van der Waals surface area contributed by atoms with Gasteiger partial charge in [0.2, 0.25) is 5.95 Å². The van der Waals surface area contributed by atoms with E-state index in [-0.39, 0.29) is 17.6 Å². The molecule has 0 atom stereocenters. The summed E-state index contributed by atoms with van der Waals surface area (Å²) in [6.45, 7) is 3.85. The number of aromatic nitrogens is 5. The third-order valence-corrected chi connectivity index (χ3v) is 5.77. The summed E-state index contributed by atoms with van der Waals surface area (Å²) in [7, 11) is 3.16. The van der Waals surface area contributed by atoms with Crippen molar-refractivity contribution in [2.24, 2.45) is 0 Å². The van der Waals surface area contributed by atoms with Crippen LogP contribution in [0.4, 0.5) is 10.3 Å². The summed E-state index contributed by atoms with van der Waals surface area (Å²) < 4.78 is 20.7. The van der Waals surface area contributed by atoms with Gasteiger partial charge < -0.3 is 20.5 Å². The van der Waals surface area contributed by atoms with Crippen LogP contribution in [0.25, 0.3) is 16.6 Å². The lowest BCUT2D eigenvalue weighted by Crippen LogP contribution is -2.28. The molecule has 1 aromatic carbocycles. The van der Waals surface area contributed by atoms with Crippen LogP contribution in [-0.2, 0) is 12.0 Å². The SMILES string of the molecule is COc1cc(F)cc2c1nc(N)n1nc(CCCCN(C)C(=O)c3ccc(C(C)(C)O)cn3)nc21. The van der Waals surface area contributed by atoms with E-state index in [1.54, 1.807) is 37.9 Å². The van der Waals surface area contributed by atoms with Crippen molar-refractivity contribution in [3.8, 4) is 5.75 Å². The number of unbranched alkanes of at least 4 members (excludes halogenated alkanes) is 1. The Labute approximate surface area is 201 Å². The Hall–Kier alpha value is -3.86. The van der Waals surface area contributed by atoms with Gasteiger partial charge >= 0.3 is 0 Å². The number of benzene rings is 1. The molecule has 0 aliphatic carbocycles. The second-order valence-electron chi connectivity index (χ2n) is 8.91. The number of nitrogen functional groups attached to an aromatic ring is 1. The van der Waals surface area contributed by atoms with Crippen molar-refractivity contribution in [2.75, 3.05) is 26.4 Å². The monoisotopic (exact) mass is 481 g/mol. The number of carbonyl (C=O) groups excluding carboxylic acids is 1. The first-order chi connectivity index (χ1) is 16.6. The first kappa shape index (κ1) is 24.3. The van der Waals surface area contributed by atoms with Crippen LogP contribution >= 0.6 is 0 Å². The van der Waals surface area contributed by atoms with E-state index in [0.717, 1.165) is 12.8 Å². The molecular weight excluding hydrogens is 453 g/mol. The van der Waals surface area contributed by atoms with Crippen molar-refractivity contribution in [1.82, 2.24) is 29.5 Å². The number of hydrogen-bond donors (Lipinski definition) is 2. The minimum Gasteiger partial charge on any atom is -0.494 e. The van der Waals surface area contributed by atoms with Gasteiger partial charge in [-0.15, -0.1) is 5.10 Å². The number of ether oxygens (including phenoxy) is 1. The van der Waals surface area contributed by atoms with Crippen molar-refractivity contribution in [2.45, 2.75) is 38.7 Å². The van der Waals surface area contributed by atoms with Crippen molar-refractivity contribution < 1.29 is 19.0 Å². The Morgan fingerprint density at radius 3 is 2.69 bits per heavy atom. The molecule has 3 heterocycles. The highest BCUT2D eigenvalue weighted by molar-refractivity contribution is 5.96. The normalized spacial score (nSPS) is 11.8. The zero-order valence-electron chi connectivity index (χ0n) is 20.1. The number of rotatable bonds is 8. The Balaban J connectivity index is 1.40. The molecule has 0 radical (unpaired) electrons. The summed E-state index contributed by atoms with van der Waals surface area (Å²) in [5.74, 6) is 0.288. The average Bonchev–Trinajstić information content (AvgIpc) is 3.26. The van der Waals surface area contributed by atoms with Gasteiger partial charge in [0.05, 0.1) is 18.1 Å². The van der Waals surface area contributed by atoms with Crippen LogP contribution in [0.2, 0.25) is 0 Å². The number of aliphatic hydroxyl groups is 1. The van der Waals surface area contributed by atoms with Gasteiger partial charge in [-0.05, 0) is 38.8 Å². The maximum Gasteiger partial charge on any atom is 0.272 e. The number of aryl methyl sites for hydroxylation is 1. The second kappa shape index (κ2) is 9.41. The minimum atomic E-state index is -1.01. The fraction of sp³-hybridized carbons (Fsp3) is 0.375. The van der Waals surface area contributed by atoms with Crippen LogP contribution in [0.5, 0.6) is 5.75 Å². The standard InChI is InChI=1S/C24H28FN7O3/c1-24(2,34)14-8-9-17(27-13-14)22(33)31(3)10-6-5-7-19-28-21-16-11-15(25)12-18(35-4)20(16)29-23(26)32(21)30-19/h8-9,11-13,34H,5-7,10H2,1-4H3,(H2,26,29).